The van der Waals surface area contributed by atoms with Crippen molar-refractivity contribution in [1.82, 2.24) is 4.90 Å². The molecule has 0 aromatic carbocycles. The fourth-order valence-corrected chi connectivity index (χ4v) is 2.48. The molecule has 0 amide bonds. The smallest absolute Gasteiger partial charge is 0.000660 e. The van der Waals surface area contributed by atoms with E-state index in [1.807, 2.05) is 0 Å². The quantitative estimate of drug-likeness (QED) is 0.462. The molecule has 0 aliphatic heterocycles. The van der Waals surface area contributed by atoms with E-state index in [1.165, 1.54) is 64.5 Å². The SMILES string of the molecule is CCCCCCN(C)CC(CCC)CCC. The van der Waals surface area contributed by atoms with Gasteiger partial charge in [0, 0.05) is 6.54 Å². The molecule has 0 saturated carbocycles. The van der Waals surface area contributed by atoms with Gasteiger partial charge in [-0.2, -0.15) is 0 Å². The molecule has 0 aliphatic carbocycles. The summed E-state index contributed by atoms with van der Waals surface area (Å²) in [4.78, 5) is 2.55. The highest BCUT2D eigenvalue weighted by Gasteiger charge is 2.09. The van der Waals surface area contributed by atoms with Gasteiger partial charge < -0.3 is 4.90 Å². The fraction of sp³-hybridized carbons (Fsp3) is 1.00. The average Bonchev–Trinajstić information content (AvgIpc) is 2.25. The Morgan fingerprint density at radius 3 is 1.94 bits per heavy atom. The molecule has 0 aromatic rings. The Balaban J connectivity index is 3.59. The molecule has 0 aliphatic rings. The third kappa shape index (κ3) is 9.21. The number of nitrogens with zero attached hydrogens (tertiary/aromatic N) is 1. The molecule has 0 aromatic heterocycles. The zero-order valence-electron chi connectivity index (χ0n) is 12.1. The summed E-state index contributed by atoms with van der Waals surface area (Å²) >= 11 is 0. The van der Waals surface area contributed by atoms with Crippen LogP contribution in [0.5, 0.6) is 0 Å². The molecule has 0 heterocycles. The lowest BCUT2D eigenvalue weighted by Crippen LogP contribution is -2.26. The van der Waals surface area contributed by atoms with Gasteiger partial charge in [0.15, 0.2) is 0 Å². The molecule has 1 nitrogen and oxygen atoms in total. The second-order valence-electron chi connectivity index (χ2n) is 5.27. The Bertz CT molecular complexity index is 127. The molecule has 0 unspecified atom stereocenters. The topological polar surface area (TPSA) is 3.24 Å². The van der Waals surface area contributed by atoms with Gasteiger partial charge in [-0.25, -0.2) is 0 Å². The summed E-state index contributed by atoms with van der Waals surface area (Å²) in [6.45, 7) is 9.51. The predicted octanol–water partition coefficient (Wildman–Crippen LogP) is 4.71. The van der Waals surface area contributed by atoms with Crippen LogP contribution in [-0.4, -0.2) is 25.0 Å². The van der Waals surface area contributed by atoms with Crippen LogP contribution in [0.4, 0.5) is 0 Å². The maximum Gasteiger partial charge on any atom is 0.000660 e. The van der Waals surface area contributed by atoms with E-state index in [-0.39, 0.29) is 0 Å². The summed E-state index contributed by atoms with van der Waals surface area (Å²) in [6.07, 6.45) is 11.0. The Labute approximate surface area is 104 Å². The molecular weight excluding hydrogens is 194 g/mol. The molecule has 0 N–H and O–H groups in total. The Hall–Kier alpha value is -0.0400. The summed E-state index contributed by atoms with van der Waals surface area (Å²) in [5.74, 6) is 0.936. The summed E-state index contributed by atoms with van der Waals surface area (Å²) in [7, 11) is 2.30. The Morgan fingerprint density at radius 1 is 0.812 bits per heavy atom. The van der Waals surface area contributed by atoms with Gasteiger partial charge in [-0.15, -0.1) is 0 Å². The largest absolute Gasteiger partial charge is 0.306 e. The van der Waals surface area contributed by atoms with Crippen molar-refractivity contribution >= 4 is 0 Å². The van der Waals surface area contributed by atoms with Crippen LogP contribution < -0.4 is 0 Å². The normalized spacial score (nSPS) is 11.6. The van der Waals surface area contributed by atoms with E-state index in [2.05, 4.69) is 32.7 Å². The maximum atomic E-state index is 2.55. The molecule has 0 atom stereocenters. The minimum Gasteiger partial charge on any atom is -0.306 e. The monoisotopic (exact) mass is 227 g/mol. The van der Waals surface area contributed by atoms with Gasteiger partial charge in [-0.1, -0.05) is 52.9 Å². The first-order chi connectivity index (χ1) is 7.74. The molecular formula is C15H33N. The van der Waals surface area contributed by atoms with E-state index in [0.29, 0.717) is 0 Å². The van der Waals surface area contributed by atoms with Crippen LogP contribution in [0.2, 0.25) is 0 Å². The molecule has 98 valence electrons. The van der Waals surface area contributed by atoms with Crippen LogP contribution in [0.15, 0.2) is 0 Å². The van der Waals surface area contributed by atoms with Crippen molar-refractivity contribution in [1.29, 1.82) is 0 Å². The van der Waals surface area contributed by atoms with Crippen molar-refractivity contribution < 1.29 is 0 Å². The lowest BCUT2D eigenvalue weighted by atomic mass is 9.98. The van der Waals surface area contributed by atoms with Gasteiger partial charge in [-0.05, 0) is 38.8 Å². The van der Waals surface area contributed by atoms with Crippen LogP contribution in [0.25, 0.3) is 0 Å². The number of unbranched alkanes of at least 4 members (excludes halogenated alkanes) is 3. The van der Waals surface area contributed by atoms with Crippen LogP contribution in [0.3, 0.4) is 0 Å². The van der Waals surface area contributed by atoms with Crippen molar-refractivity contribution in [3.05, 3.63) is 0 Å². The van der Waals surface area contributed by atoms with Crippen molar-refractivity contribution in [2.75, 3.05) is 20.1 Å². The fourth-order valence-electron chi connectivity index (χ4n) is 2.48. The molecule has 16 heavy (non-hydrogen) atoms. The van der Waals surface area contributed by atoms with Crippen molar-refractivity contribution in [2.45, 2.75) is 72.1 Å². The molecule has 0 rings (SSSR count). The first-order valence-corrected chi connectivity index (χ1v) is 7.43. The van der Waals surface area contributed by atoms with E-state index >= 15 is 0 Å². The standard InChI is InChI=1S/C15H33N/c1-5-8-9-10-13-16(4)14-15(11-6-2)12-7-3/h15H,5-14H2,1-4H3. The van der Waals surface area contributed by atoms with Gasteiger partial charge in [0.2, 0.25) is 0 Å². The van der Waals surface area contributed by atoms with Crippen LogP contribution in [0.1, 0.15) is 72.1 Å². The first-order valence-electron chi connectivity index (χ1n) is 7.43. The lowest BCUT2D eigenvalue weighted by Gasteiger charge is -2.23. The Morgan fingerprint density at radius 2 is 1.44 bits per heavy atom. The molecule has 0 fully saturated rings. The van der Waals surface area contributed by atoms with Gasteiger partial charge in [0.1, 0.15) is 0 Å². The molecule has 0 radical (unpaired) electrons. The highest BCUT2D eigenvalue weighted by molar-refractivity contribution is 4.63. The van der Waals surface area contributed by atoms with E-state index in [0.717, 1.165) is 5.92 Å². The molecule has 1 heteroatoms. The van der Waals surface area contributed by atoms with Crippen molar-refractivity contribution in [3.63, 3.8) is 0 Å². The van der Waals surface area contributed by atoms with Crippen molar-refractivity contribution in [2.24, 2.45) is 5.92 Å². The summed E-state index contributed by atoms with van der Waals surface area (Å²) < 4.78 is 0. The summed E-state index contributed by atoms with van der Waals surface area (Å²) in [5, 5.41) is 0. The van der Waals surface area contributed by atoms with Gasteiger partial charge in [0.05, 0.1) is 0 Å². The zero-order valence-corrected chi connectivity index (χ0v) is 12.1. The minimum atomic E-state index is 0.936. The molecule has 0 spiro atoms. The zero-order chi connectivity index (χ0) is 12.2. The predicted molar refractivity (Wildman–Crippen MR) is 74.9 cm³/mol. The van der Waals surface area contributed by atoms with Gasteiger partial charge >= 0.3 is 0 Å². The molecule has 0 saturated heterocycles. The van der Waals surface area contributed by atoms with Gasteiger partial charge in [-0.3, -0.25) is 0 Å². The van der Waals surface area contributed by atoms with E-state index in [1.54, 1.807) is 0 Å². The number of rotatable bonds is 11. The highest BCUT2D eigenvalue weighted by atomic mass is 15.1. The van der Waals surface area contributed by atoms with Crippen molar-refractivity contribution in [3.8, 4) is 0 Å². The summed E-state index contributed by atoms with van der Waals surface area (Å²) in [5.41, 5.74) is 0. The third-order valence-corrected chi connectivity index (χ3v) is 3.36. The minimum absolute atomic E-state index is 0.936. The van der Waals surface area contributed by atoms with E-state index in [4.69, 9.17) is 0 Å². The Kier molecular flexibility index (Phi) is 11.4. The van der Waals surface area contributed by atoms with E-state index < -0.39 is 0 Å². The van der Waals surface area contributed by atoms with Crippen LogP contribution in [-0.2, 0) is 0 Å². The molecule has 0 bridgehead atoms. The second kappa shape index (κ2) is 11.4. The second-order valence-corrected chi connectivity index (χ2v) is 5.27. The summed E-state index contributed by atoms with van der Waals surface area (Å²) in [6, 6.07) is 0. The number of hydrogen-bond donors (Lipinski definition) is 0. The maximum absolute atomic E-state index is 2.55. The number of hydrogen-bond acceptors (Lipinski definition) is 1. The average molecular weight is 227 g/mol. The van der Waals surface area contributed by atoms with Crippen LogP contribution >= 0.6 is 0 Å². The first kappa shape index (κ1) is 16.0. The van der Waals surface area contributed by atoms with Gasteiger partial charge in [0.25, 0.3) is 0 Å². The highest BCUT2D eigenvalue weighted by Crippen LogP contribution is 2.14. The van der Waals surface area contributed by atoms with E-state index in [9.17, 15) is 0 Å². The third-order valence-electron chi connectivity index (χ3n) is 3.36. The lowest BCUT2D eigenvalue weighted by molar-refractivity contribution is 0.251. The van der Waals surface area contributed by atoms with Crippen LogP contribution in [0, 0.1) is 5.92 Å².